The molecule has 30 heavy (non-hydrogen) atoms. The number of carbonyl (C=O) groups excluding carboxylic acids is 1. The van der Waals surface area contributed by atoms with Crippen LogP contribution < -0.4 is 15.2 Å². The van der Waals surface area contributed by atoms with E-state index < -0.39 is 34.9 Å². The smallest absolute Gasteiger partial charge is 0.506 e. The van der Waals surface area contributed by atoms with Crippen LogP contribution in [0.3, 0.4) is 0 Å². The number of aromatic hydroxyl groups is 1. The van der Waals surface area contributed by atoms with Crippen molar-refractivity contribution in [3.05, 3.63) is 58.4 Å². The zero-order valence-electron chi connectivity index (χ0n) is 16.1. The second-order valence-electron chi connectivity index (χ2n) is 6.38. The summed E-state index contributed by atoms with van der Waals surface area (Å²) in [5.74, 6) is -1.69. The number of thioether (sulfide) groups is 1. The number of anilines is 1. The summed E-state index contributed by atoms with van der Waals surface area (Å²) in [6.45, 7) is 0. The summed E-state index contributed by atoms with van der Waals surface area (Å²) in [7, 11) is 2.84. The van der Waals surface area contributed by atoms with E-state index in [2.05, 4.69) is 4.74 Å². The van der Waals surface area contributed by atoms with Crippen molar-refractivity contribution in [3.63, 3.8) is 0 Å². The standard InChI is InChI=1S/C20H17F3N2O4S/c1-24(11-4-6-12(7-5-11)29-20(21,22)23)18(27)16-17(26)14-10-13(30-3)8-9-15(14)25(2)19(16)28/h4-10,26H,1-3H3. The molecule has 0 atom stereocenters. The summed E-state index contributed by atoms with van der Waals surface area (Å²) >= 11 is 1.44. The highest BCUT2D eigenvalue weighted by atomic mass is 32.2. The third kappa shape index (κ3) is 4.09. The van der Waals surface area contributed by atoms with Crippen molar-refractivity contribution in [2.24, 2.45) is 7.05 Å². The van der Waals surface area contributed by atoms with Gasteiger partial charge in [0.1, 0.15) is 17.1 Å². The molecule has 0 radical (unpaired) electrons. The number of fused-ring (bicyclic) bond motifs is 1. The average Bonchev–Trinajstić information content (AvgIpc) is 2.70. The molecular formula is C20H17F3N2O4S. The number of alkyl halides is 3. The minimum absolute atomic E-state index is 0.217. The van der Waals surface area contributed by atoms with Crippen molar-refractivity contribution in [2.75, 3.05) is 18.2 Å². The van der Waals surface area contributed by atoms with E-state index in [0.29, 0.717) is 10.9 Å². The molecule has 0 spiro atoms. The third-order valence-corrected chi connectivity index (χ3v) is 5.28. The molecule has 1 aromatic heterocycles. The van der Waals surface area contributed by atoms with Gasteiger partial charge in [0, 0.05) is 30.1 Å². The molecule has 3 rings (SSSR count). The Morgan fingerprint density at radius 1 is 1.17 bits per heavy atom. The monoisotopic (exact) mass is 438 g/mol. The van der Waals surface area contributed by atoms with E-state index in [0.717, 1.165) is 21.9 Å². The Balaban J connectivity index is 2.03. The first-order valence-electron chi connectivity index (χ1n) is 8.57. The highest BCUT2D eigenvalue weighted by Gasteiger charge is 2.31. The molecule has 0 saturated carbocycles. The number of hydrogen-bond donors (Lipinski definition) is 1. The van der Waals surface area contributed by atoms with Crippen LogP contribution in [-0.4, -0.2) is 35.2 Å². The summed E-state index contributed by atoms with van der Waals surface area (Å²) in [6.07, 6.45) is -2.98. The summed E-state index contributed by atoms with van der Waals surface area (Å²) in [6, 6.07) is 9.74. The number of pyridine rings is 1. The maximum absolute atomic E-state index is 13.0. The third-order valence-electron chi connectivity index (χ3n) is 4.55. The maximum atomic E-state index is 13.0. The summed E-state index contributed by atoms with van der Waals surface area (Å²) in [4.78, 5) is 27.6. The first-order chi connectivity index (χ1) is 14.0. The van der Waals surface area contributed by atoms with Crippen LogP contribution in [-0.2, 0) is 7.05 Å². The molecule has 0 aliphatic rings. The Labute approximate surface area is 173 Å². The van der Waals surface area contributed by atoms with Crippen molar-refractivity contribution >= 4 is 34.3 Å². The molecule has 2 aromatic carbocycles. The van der Waals surface area contributed by atoms with Crippen molar-refractivity contribution < 1.29 is 27.8 Å². The number of aryl methyl sites for hydroxylation is 1. The predicted octanol–water partition coefficient (Wildman–Crippen LogP) is 4.14. The molecular weight excluding hydrogens is 421 g/mol. The second-order valence-corrected chi connectivity index (χ2v) is 7.26. The number of hydrogen-bond acceptors (Lipinski definition) is 5. The molecule has 0 bridgehead atoms. The fourth-order valence-corrected chi connectivity index (χ4v) is 3.43. The molecule has 0 unspecified atom stereocenters. The van der Waals surface area contributed by atoms with Gasteiger partial charge >= 0.3 is 6.36 Å². The normalized spacial score (nSPS) is 11.5. The van der Waals surface area contributed by atoms with Crippen molar-refractivity contribution in [2.45, 2.75) is 11.3 Å². The largest absolute Gasteiger partial charge is 0.573 e. The molecule has 0 saturated heterocycles. The SMILES string of the molecule is CSc1ccc2c(c1)c(O)c(C(=O)N(C)c1ccc(OC(F)(F)F)cc1)c(=O)n2C. The van der Waals surface area contributed by atoms with Crippen molar-refractivity contribution in [1.82, 2.24) is 4.57 Å². The van der Waals surface area contributed by atoms with Gasteiger partial charge in [0.2, 0.25) is 0 Å². The number of benzene rings is 2. The molecule has 1 amide bonds. The van der Waals surface area contributed by atoms with Gasteiger partial charge in [-0.3, -0.25) is 9.59 Å². The van der Waals surface area contributed by atoms with E-state index in [1.165, 1.54) is 42.6 Å². The molecule has 3 aromatic rings. The Morgan fingerprint density at radius 2 is 1.80 bits per heavy atom. The van der Waals surface area contributed by atoms with Gasteiger partial charge in [0.25, 0.3) is 11.5 Å². The van der Waals surface area contributed by atoms with Gasteiger partial charge in [-0.2, -0.15) is 0 Å². The van der Waals surface area contributed by atoms with Crippen LogP contribution in [0.25, 0.3) is 10.9 Å². The van der Waals surface area contributed by atoms with Crippen LogP contribution in [0.5, 0.6) is 11.5 Å². The minimum Gasteiger partial charge on any atom is -0.506 e. The van der Waals surface area contributed by atoms with Gasteiger partial charge in [-0.15, -0.1) is 24.9 Å². The molecule has 6 nitrogen and oxygen atoms in total. The van der Waals surface area contributed by atoms with Gasteiger partial charge in [0.15, 0.2) is 0 Å². The van der Waals surface area contributed by atoms with Crippen LogP contribution in [0.15, 0.2) is 52.2 Å². The molecule has 0 fully saturated rings. The number of ether oxygens (including phenoxy) is 1. The second kappa shape index (κ2) is 7.94. The highest BCUT2D eigenvalue weighted by molar-refractivity contribution is 7.98. The molecule has 0 aliphatic heterocycles. The van der Waals surface area contributed by atoms with Crippen LogP contribution in [0.1, 0.15) is 10.4 Å². The Morgan fingerprint density at radius 3 is 2.37 bits per heavy atom. The van der Waals surface area contributed by atoms with Gasteiger partial charge in [-0.1, -0.05) is 0 Å². The van der Waals surface area contributed by atoms with Gasteiger partial charge in [-0.25, -0.2) is 0 Å². The Bertz CT molecular complexity index is 1170. The fourth-order valence-electron chi connectivity index (χ4n) is 2.99. The summed E-state index contributed by atoms with van der Waals surface area (Å²) < 4.78 is 42.0. The Kier molecular flexibility index (Phi) is 5.71. The van der Waals surface area contributed by atoms with Crippen LogP contribution in [0.2, 0.25) is 0 Å². The number of nitrogens with zero attached hydrogens (tertiary/aromatic N) is 2. The van der Waals surface area contributed by atoms with Crippen LogP contribution in [0.4, 0.5) is 18.9 Å². The number of halogens is 3. The van der Waals surface area contributed by atoms with Crippen LogP contribution >= 0.6 is 11.8 Å². The van der Waals surface area contributed by atoms with E-state index in [4.69, 9.17) is 0 Å². The van der Waals surface area contributed by atoms with E-state index in [9.17, 15) is 27.9 Å². The van der Waals surface area contributed by atoms with E-state index >= 15 is 0 Å². The van der Waals surface area contributed by atoms with Crippen molar-refractivity contribution in [3.8, 4) is 11.5 Å². The first kappa shape index (κ1) is 21.6. The topological polar surface area (TPSA) is 71.8 Å². The molecule has 1 heterocycles. The Hall–Kier alpha value is -3.14. The maximum Gasteiger partial charge on any atom is 0.573 e. The van der Waals surface area contributed by atoms with E-state index in [1.807, 2.05) is 6.26 Å². The zero-order chi connectivity index (χ0) is 22.2. The van der Waals surface area contributed by atoms with Gasteiger partial charge < -0.3 is 19.3 Å². The number of carbonyl (C=O) groups is 1. The lowest BCUT2D eigenvalue weighted by Gasteiger charge is -2.19. The number of rotatable bonds is 4. The lowest BCUT2D eigenvalue weighted by molar-refractivity contribution is -0.274. The molecule has 1 N–H and O–H groups in total. The summed E-state index contributed by atoms with van der Waals surface area (Å²) in [5, 5.41) is 11.0. The average molecular weight is 438 g/mol. The molecule has 0 aliphatic carbocycles. The molecule has 10 heteroatoms. The lowest BCUT2D eigenvalue weighted by atomic mass is 10.1. The minimum atomic E-state index is -4.83. The number of amides is 1. The zero-order valence-corrected chi connectivity index (χ0v) is 17.0. The highest BCUT2D eigenvalue weighted by Crippen LogP contribution is 2.31. The first-order valence-corrected chi connectivity index (χ1v) is 9.79. The predicted molar refractivity (Wildman–Crippen MR) is 108 cm³/mol. The quantitative estimate of drug-likeness (QED) is 0.620. The number of aromatic nitrogens is 1. The van der Waals surface area contributed by atoms with E-state index in [1.54, 1.807) is 18.2 Å². The van der Waals surface area contributed by atoms with Gasteiger partial charge in [-0.05, 0) is 48.7 Å². The van der Waals surface area contributed by atoms with Crippen molar-refractivity contribution in [1.29, 1.82) is 0 Å². The lowest BCUT2D eigenvalue weighted by Crippen LogP contribution is -2.34. The van der Waals surface area contributed by atoms with E-state index in [-0.39, 0.29) is 5.69 Å². The van der Waals surface area contributed by atoms with Crippen LogP contribution in [0, 0.1) is 0 Å². The summed E-state index contributed by atoms with van der Waals surface area (Å²) in [5.41, 5.74) is -0.441. The fraction of sp³-hybridized carbons (Fsp3) is 0.200. The molecule has 158 valence electrons. The van der Waals surface area contributed by atoms with Gasteiger partial charge in [0.05, 0.1) is 5.52 Å².